The fraction of sp³-hybridized carbons (Fsp3) is 0.917. The molecule has 6 nitrogen and oxygen atoms in total. The van der Waals surface area contributed by atoms with Gasteiger partial charge in [-0.25, -0.2) is 13.1 Å². The number of ether oxygens (including phenoxy) is 1. The lowest BCUT2D eigenvalue weighted by molar-refractivity contribution is -0.137. The summed E-state index contributed by atoms with van der Waals surface area (Å²) in [4.78, 5) is 14.1. The average molecular weight is 290 g/mol. The summed E-state index contributed by atoms with van der Waals surface area (Å²) in [6, 6.07) is 0.545. The summed E-state index contributed by atoms with van der Waals surface area (Å²) in [5.74, 6) is 0.0539. The van der Waals surface area contributed by atoms with Gasteiger partial charge < -0.3 is 9.64 Å². The van der Waals surface area contributed by atoms with E-state index < -0.39 is 10.0 Å². The highest BCUT2D eigenvalue weighted by molar-refractivity contribution is 7.88. The Balaban J connectivity index is 1.87. The van der Waals surface area contributed by atoms with Gasteiger partial charge in [-0.1, -0.05) is 0 Å². The van der Waals surface area contributed by atoms with Crippen molar-refractivity contribution in [1.29, 1.82) is 0 Å². The van der Waals surface area contributed by atoms with Crippen LogP contribution in [0.15, 0.2) is 0 Å². The Hall–Kier alpha value is -0.660. The number of rotatable bonds is 5. The molecule has 2 rings (SSSR count). The second-order valence-electron chi connectivity index (χ2n) is 5.43. The summed E-state index contributed by atoms with van der Waals surface area (Å²) in [6.45, 7) is 0.182. The van der Waals surface area contributed by atoms with E-state index in [1.165, 1.54) is 0 Å². The van der Waals surface area contributed by atoms with Crippen LogP contribution >= 0.6 is 0 Å². The van der Waals surface area contributed by atoms with Crippen molar-refractivity contribution in [1.82, 2.24) is 9.62 Å². The van der Waals surface area contributed by atoms with Gasteiger partial charge in [0.05, 0.1) is 12.4 Å². The molecule has 0 aromatic heterocycles. The summed E-state index contributed by atoms with van der Waals surface area (Å²) in [5, 5.41) is 0. The third-order valence-electron chi connectivity index (χ3n) is 4.01. The van der Waals surface area contributed by atoms with E-state index in [4.69, 9.17) is 4.74 Å². The summed E-state index contributed by atoms with van der Waals surface area (Å²) < 4.78 is 29.7. The average Bonchev–Trinajstić information content (AvgIpc) is 2.58. The zero-order valence-corrected chi connectivity index (χ0v) is 12.3. The van der Waals surface area contributed by atoms with Crippen molar-refractivity contribution >= 4 is 15.9 Å². The predicted octanol–water partition coefficient (Wildman–Crippen LogP) is 0.0941. The minimum Gasteiger partial charge on any atom is -0.381 e. The number of sulfonamides is 1. The number of hydrogen-bond donors (Lipinski definition) is 1. The second-order valence-corrected chi connectivity index (χ2v) is 7.26. The van der Waals surface area contributed by atoms with Crippen LogP contribution in [0.5, 0.6) is 0 Å². The van der Waals surface area contributed by atoms with E-state index in [9.17, 15) is 13.2 Å². The molecule has 0 spiro atoms. The lowest BCUT2D eigenvalue weighted by Gasteiger charge is -2.38. The SMILES string of the molecule is COC1C[C@H]2CC[C@@H](C1)N2C(=O)CCNS(C)(=O)=O. The van der Waals surface area contributed by atoms with Crippen LogP contribution in [0.4, 0.5) is 0 Å². The summed E-state index contributed by atoms with van der Waals surface area (Å²) in [7, 11) is -1.50. The maximum atomic E-state index is 12.2. The lowest BCUT2D eigenvalue weighted by Crippen LogP contribution is -2.49. The first-order chi connectivity index (χ1) is 8.90. The Labute approximate surface area is 114 Å². The number of methoxy groups -OCH3 is 1. The molecule has 2 saturated heterocycles. The smallest absolute Gasteiger partial charge is 0.224 e. The monoisotopic (exact) mass is 290 g/mol. The van der Waals surface area contributed by atoms with E-state index in [1.54, 1.807) is 7.11 Å². The Morgan fingerprint density at radius 1 is 1.32 bits per heavy atom. The van der Waals surface area contributed by atoms with E-state index in [0.717, 1.165) is 31.9 Å². The van der Waals surface area contributed by atoms with E-state index >= 15 is 0 Å². The maximum Gasteiger partial charge on any atom is 0.224 e. The van der Waals surface area contributed by atoms with Crippen molar-refractivity contribution in [3.63, 3.8) is 0 Å². The van der Waals surface area contributed by atoms with Gasteiger partial charge in [0, 0.05) is 32.2 Å². The third kappa shape index (κ3) is 3.67. The Kier molecular flexibility index (Phi) is 4.47. The molecular formula is C12H22N2O4S. The summed E-state index contributed by atoms with van der Waals surface area (Å²) >= 11 is 0. The molecular weight excluding hydrogens is 268 g/mol. The number of nitrogens with one attached hydrogen (secondary N) is 1. The van der Waals surface area contributed by atoms with Gasteiger partial charge in [0.1, 0.15) is 0 Å². The van der Waals surface area contributed by atoms with Crippen LogP contribution in [0, 0.1) is 0 Å². The molecule has 0 aromatic rings. The number of nitrogens with zero attached hydrogens (tertiary/aromatic N) is 1. The van der Waals surface area contributed by atoms with Gasteiger partial charge in [0.2, 0.25) is 15.9 Å². The maximum absolute atomic E-state index is 12.2. The zero-order valence-electron chi connectivity index (χ0n) is 11.5. The number of carbonyl (C=O) groups is 1. The van der Waals surface area contributed by atoms with Gasteiger partial charge in [0.25, 0.3) is 0 Å². The van der Waals surface area contributed by atoms with Crippen LogP contribution in [-0.2, 0) is 19.6 Å². The largest absolute Gasteiger partial charge is 0.381 e. The van der Waals surface area contributed by atoms with Gasteiger partial charge in [-0.2, -0.15) is 0 Å². The number of carbonyl (C=O) groups excluding carboxylic acids is 1. The minimum atomic E-state index is -3.22. The van der Waals surface area contributed by atoms with Crippen LogP contribution in [0.25, 0.3) is 0 Å². The Bertz CT molecular complexity index is 423. The van der Waals surface area contributed by atoms with Crippen LogP contribution in [-0.4, -0.2) is 57.3 Å². The molecule has 2 aliphatic heterocycles. The molecule has 2 bridgehead atoms. The predicted molar refractivity (Wildman–Crippen MR) is 71.2 cm³/mol. The van der Waals surface area contributed by atoms with Crippen LogP contribution < -0.4 is 4.72 Å². The highest BCUT2D eigenvalue weighted by atomic mass is 32.2. The fourth-order valence-corrected chi connectivity index (χ4v) is 3.67. The normalized spacial score (nSPS) is 30.6. The molecule has 7 heteroatoms. The number of piperidine rings is 1. The summed E-state index contributed by atoms with van der Waals surface area (Å²) in [6.07, 6.45) is 5.47. The fourth-order valence-electron chi connectivity index (χ4n) is 3.20. The minimum absolute atomic E-state index is 0.0539. The Morgan fingerprint density at radius 2 is 1.89 bits per heavy atom. The van der Waals surface area contributed by atoms with Crippen molar-refractivity contribution in [2.75, 3.05) is 19.9 Å². The topological polar surface area (TPSA) is 75.7 Å². The molecule has 0 aliphatic carbocycles. The Morgan fingerprint density at radius 3 is 2.37 bits per heavy atom. The van der Waals surface area contributed by atoms with Crippen molar-refractivity contribution < 1.29 is 17.9 Å². The van der Waals surface area contributed by atoms with Crippen molar-refractivity contribution in [2.45, 2.75) is 50.3 Å². The molecule has 19 heavy (non-hydrogen) atoms. The molecule has 1 unspecified atom stereocenters. The van der Waals surface area contributed by atoms with Crippen LogP contribution in [0.3, 0.4) is 0 Å². The molecule has 2 aliphatic rings. The molecule has 2 heterocycles. The molecule has 2 fully saturated rings. The first kappa shape index (κ1) is 14.7. The van der Waals surface area contributed by atoms with Crippen molar-refractivity contribution in [2.24, 2.45) is 0 Å². The molecule has 3 atom stereocenters. The van der Waals surface area contributed by atoms with E-state index in [1.807, 2.05) is 4.90 Å². The highest BCUT2D eigenvalue weighted by Crippen LogP contribution is 2.36. The first-order valence-corrected chi connectivity index (χ1v) is 8.58. The number of amides is 1. The molecule has 0 saturated carbocycles. The lowest BCUT2D eigenvalue weighted by atomic mass is 9.99. The van der Waals surface area contributed by atoms with E-state index in [0.29, 0.717) is 0 Å². The molecule has 0 aromatic carbocycles. The highest BCUT2D eigenvalue weighted by Gasteiger charge is 2.42. The second kappa shape index (κ2) is 5.76. The van der Waals surface area contributed by atoms with Gasteiger partial charge in [-0.05, 0) is 25.7 Å². The third-order valence-corrected chi connectivity index (χ3v) is 4.74. The number of fused-ring (bicyclic) bond motifs is 2. The molecule has 1 N–H and O–H groups in total. The molecule has 1 amide bonds. The van der Waals surface area contributed by atoms with Gasteiger partial charge in [-0.15, -0.1) is 0 Å². The van der Waals surface area contributed by atoms with Gasteiger partial charge >= 0.3 is 0 Å². The zero-order chi connectivity index (χ0) is 14.0. The van der Waals surface area contributed by atoms with E-state index in [2.05, 4.69) is 4.72 Å². The molecule has 110 valence electrons. The van der Waals surface area contributed by atoms with Gasteiger partial charge in [0.15, 0.2) is 0 Å². The first-order valence-electron chi connectivity index (χ1n) is 6.69. The summed E-state index contributed by atoms with van der Waals surface area (Å²) in [5.41, 5.74) is 0. The quantitative estimate of drug-likeness (QED) is 0.779. The van der Waals surface area contributed by atoms with Gasteiger partial charge in [-0.3, -0.25) is 4.79 Å². The van der Waals surface area contributed by atoms with Crippen LogP contribution in [0.1, 0.15) is 32.1 Å². The van der Waals surface area contributed by atoms with Crippen molar-refractivity contribution in [3.8, 4) is 0 Å². The van der Waals surface area contributed by atoms with Crippen molar-refractivity contribution in [3.05, 3.63) is 0 Å². The van der Waals surface area contributed by atoms with E-state index in [-0.39, 0.29) is 37.1 Å². The molecule has 0 radical (unpaired) electrons. The van der Waals surface area contributed by atoms with Crippen LogP contribution in [0.2, 0.25) is 0 Å². The number of hydrogen-bond acceptors (Lipinski definition) is 4. The standard InChI is InChI=1S/C12H22N2O4S/c1-18-11-7-9-3-4-10(8-11)14(9)12(15)5-6-13-19(2,16)17/h9-11,13H,3-8H2,1-2H3/t9-,10+,11?.